The fraction of sp³-hybridized carbons (Fsp3) is 0.310. The third-order valence-corrected chi connectivity index (χ3v) is 7.56. The molecule has 0 fully saturated rings. The molecule has 8 heteroatoms. The van der Waals surface area contributed by atoms with Crippen molar-refractivity contribution >= 4 is 46.8 Å². The zero-order chi connectivity index (χ0) is 26.6. The van der Waals surface area contributed by atoms with E-state index in [0.29, 0.717) is 34.3 Å². The number of hydrogen-bond acceptors (Lipinski definition) is 4. The number of nitrogens with one attached hydrogen (secondary N) is 1. The molecular weight excluding hydrogens is 527 g/mol. The number of amides is 2. The summed E-state index contributed by atoms with van der Waals surface area (Å²) in [5, 5.41) is 3.90. The van der Waals surface area contributed by atoms with Crippen LogP contribution in [0.25, 0.3) is 0 Å². The van der Waals surface area contributed by atoms with Crippen molar-refractivity contribution in [2.45, 2.75) is 38.1 Å². The van der Waals surface area contributed by atoms with Crippen LogP contribution in [0.5, 0.6) is 5.75 Å². The van der Waals surface area contributed by atoms with Crippen LogP contribution in [0.3, 0.4) is 0 Å². The number of benzene rings is 3. The largest absolute Gasteiger partial charge is 0.497 e. The number of ether oxygens (including phenoxy) is 1. The average molecular weight is 560 g/mol. The van der Waals surface area contributed by atoms with Crippen LogP contribution in [-0.2, 0) is 28.3 Å². The van der Waals surface area contributed by atoms with E-state index in [9.17, 15) is 9.59 Å². The number of hydrogen-bond donors (Lipinski definition) is 1. The summed E-state index contributed by atoms with van der Waals surface area (Å²) in [7, 11) is 1.63. The molecule has 1 atom stereocenters. The second kappa shape index (κ2) is 14.9. The Balaban J connectivity index is 1.86. The molecule has 0 aliphatic carbocycles. The van der Waals surface area contributed by atoms with Crippen molar-refractivity contribution in [1.29, 1.82) is 0 Å². The number of halogens is 2. The Hall–Kier alpha value is -2.67. The predicted octanol–water partition coefficient (Wildman–Crippen LogP) is 6.40. The minimum Gasteiger partial charge on any atom is -0.497 e. The van der Waals surface area contributed by atoms with Gasteiger partial charge in [0.25, 0.3) is 0 Å². The molecule has 0 heterocycles. The molecule has 0 saturated carbocycles. The van der Waals surface area contributed by atoms with Crippen LogP contribution < -0.4 is 10.1 Å². The van der Waals surface area contributed by atoms with Crippen LogP contribution in [-0.4, -0.2) is 42.2 Å². The lowest BCUT2D eigenvalue weighted by atomic mass is 10.0. The van der Waals surface area contributed by atoms with Crippen LogP contribution in [0.1, 0.15) is 30.0 Å². The van der Waals surface area contributed by atoms with Crippen LogP contribution in [0.2, 0.25) is 10.0 Å². The van der Waals surface area contributed by atoms with Crippen molar-refractivity contribution in [2.75, 3.05) is 19.4 Å². The molecule has 3 aromatic carbocycles. The van der Waals surface area contributed by atoms with Gasteiger partial charge < -0.3 is 15.0 Å². The topological polar surface area (TPSA) is 58.6 Å². The van der Waals surface area contributed by atoms with Gasteiger partial charge in [0, 0.05) is 40.9 Å². The van der Waals surface area contributed by atoms with Crippen LogP contribution >= 0.6 is 35.0 Å². The monoisotopic (exact) mass is 558 g/mol. The fourth-order valence-corrected chi connectivity index (χ4v) is 5.22. The Kier molecular flexibility index (Phi) is 11.6. The number of thioether (sulfide) groups is 1. The molecule has 0 aliphatic rings. The molecule has 5 nitrogen and oxygen atoms in total. The Morgan fingerprint density at radius 1 is 0.946 bits per heavy atom. The summed E-state index contributed by atoms with van der Waals surface area (Å²) in [5.41, 5.74) is 2.68. The third kappa shape index (κ3) is 8.70. The van der Waals surface area contributed by atoms with Crippen LogP contribution in [0.15, 0.2) is 72.8 Å². The second-order valence-corrected chi connectivity index (χ2v) is 10.4. The molecule has 196 valence electrons. The fourth-order valence-electron chi connectivity index (χ4n) is 3.83. The number of carbonyl (C=O) groups excluding carboxylic acids is 2. The Labute approximate surface area is 233 Å². The Morgan fingerprint density at radius 3 is 2.24 bits per heavy atom. The highest BCUT2D eigenvalue weighted by Gasteiger charge is 2.31. The van der Waals surface area contributed by atoms with Gasteiger partial charge in [0.1, 0.15) is 11.8 Å². The summed E-state index contributed by atoms with van der Waals surface area (Å²) < 4.78 is 5.22. The van der Waals surface area contributed by atoms with Gasteiger partial charge in [-0.25, -0.2) is 0 Å². The Morgan fingerprint density at radius 2 is 1.62 bits per heavy atom. The predicted molar refractivity (Wildman–Crippen MR) is 153 cm³/mol. The van der Waals surface area contributed by atoms with E-state index in [4.69, 9.17) is 27.9 Å². The van der Waals surface area contributed by atoms with E-state index in [1.807, 2.05) is 61.5 Å². The van der Waals surface area contributed by atoms with Gasteiger partial charge in [0.15, 0.2) is 0 Å². The van der Waals surface area contributed by atoms with E-state index in [1.54, 1.807) is 30.2 Å². The first-order valence-corrected chi connectivity index (χ1v) is 14.1. The molecule has 0 aliphatic heterocycles. The normalized spacial score (nSPS) is 11.6. The minimum atomic E-state index is -0.713. The highest BCUT2D eigenvalue weighted by molar-refractivity contribution is 7.99. The Bertz CT molecular complexity index is 1140. The van der Waals surface area contributed by atoms with Gasteiger partial charge in [-0.15, -0.1) is 11.8 Å². The molecule has 0 radical (unpaired) electrons. The van der Waals surface area contributed by atoms with Crippen molar-refractivity contribution < 1.29 is 14.3 Å². The highest BCUT2D eigenvalue weighted by Crippen LogP contribution is 2.28. The number of rotatable bonds is 13. The molecule has 2 amide bonds. The van der Waals surface area contributed by atoms with E-state index in [-0.39, 0.29) is 24.1 Å². The molecule has 37 heavy (non-hydrogen) atoms. The lowest BCUT2D eigenvalue weighted by Gasteiger charge is -2.32. The van der Waals surface area contributed by atoms with E-state index in [2.05, 4.69) is 5.32 Å². The third-order valence-electron chi connectivity index (χ3n) is 5.86. The maximum absolute atomic E-state index is 13.7. The van der Waals surface area contributed by atoms with Gasteiger partial charge in [-0.1, -0.05) is 78.7 Å². The van der Waals surface area contributed by atoms with E-state index in [0.717, 1.165) is 23.3 Å². The van der Waals surface area contributed by atoms with Crippen molar-refractivity contribution in [3.05, 3.63) is 99.5 Å². The van der Waals surface area contributed by atoms with Crippen LogP contribution in [0, 0.1) is 0 Å². The van der Waals surface area contributed by atoms with Gasteiger partial charge in [0.05, 0.1) is 12.9 Å². The summed E-state index contributed by atoms with van der Waals surface area (Å²) in [6.45, 7) is 2.66. The van der Waals surface area contributed by atoms with Gasteiger partial charge in [-0.3, -0.25) is 9.59 Å². The lowest BCUT2D eigenvalue weighted by Crippen LogP contribution is -2.51. The molecule has 1 N–H and O–H groups in total. The zero-order valence-electron chi connectivity index (χ0n) is 21.1. The van der Waals surface area contributed by atoms with Gasteiger partial charge in [-0.05, 0) is 41.8 Å². The lowest BCUT2D eigenvalue weighted by molar-refractivity contribution is -0.139. The summed E-state index contributed by atoms with van der Waals surface area (Å²) in [6, 6.07) is 22.0. The molecule has 3 rings (SSSR count). The van der Waals surface area contributed by atoms with Crippen molar-refractivity contribution in [2.24, 2.45) is 0 Å². The molecule has 0 spiro atoms. The van der Waals surface area contributed by atoms with E-state index < -0.39 is 6.04 Å². The van der Waals surface area contributed by atoms with Gasteiger partial charge >= 0.3 is 0 Å². The summed E-state index contributed by atoms with van der Waals surface area (Å²) in [4.78, 5) is 28.7. The van der Waals surface area contributed by atoms with Gasteiger partial charge in [-0.2, -0.15) is 0 Å². The van der Waals surface area contributed by atoms with Crippen LogP contribution in [0.4, 0.5) is 0 Å². The molecule has 0 saturated heterocycles. The first-order valence-electron chi connectivity index (χ1n) is 12.2. The maximum Gasteiger partial charge on any atom is 0.243 e. The molecule has 1 unspecified atom stereocenters. The maximum atomic E-state index is 13.7. The quantitative estimate of drug-likeness (QED) is 0.263. The average Bonchev–Trinajstić information content (AvgIpc) is 2.91. The molecule has 0 bridgehead atoms. The van der Waals surface area contributed by atoms with E-state index >= 15 is 0 Å². The summed E-state index contributed by atoms with van der Waals surface area (Å²) >= 11 is 14.5. The number of nitrogens with zero attached hydrogens (tertiary/aromatic N) is 1. The standard InChI is InChI=1S/C29H32Cl2N2O3S/c1-3-16-32-29(35)27(17-21-8-5-4-6-9-21)33(18-24-25(30)10-7-11-26(24)31)28(34)20-37-19-22-12-14-23(36-2)15-13-22/h4-15,27H,3,16-20H2,1-2H3,(H,32,35). The number of methoxy groups -OCH3 is 1. The van der Waals surface area contributed by atoms with Gasteiger partial charge in [0.2, 0.25) is 11.8 Å². The summed E-state index contributed by atoms with van der Waals surface area (Å²) in [6.07, 6.45) is 1.18. The first-order chi connectivity index (χ1) is 17.9. The highest BCUT2D eigenvalue weighted by atomic mass is 35.5. The second-order valence-electron chi connectivity index (χ2n) is 8.56. The molecular formula is C29H32Cl2N2O3S. The smallest absolute Gasteiger partial charge is 0.243 e. The number of carbonyl (C=O) groups is 2. The molecule has 3 aromatic rings. The van der Waals surface area contributed by atoms with Crippen molar-refractivity contribution in [3.63, 3.8) is 0 Å². The van der Waals surface area contributed by atoms with Crippen molar-refractivity contribution in [1.82, 2.24) is 10.2 Å². The molecule has 0 aromatic heterocycles. The van der Waals surface area contributed by atoms with Crippen molar-refractivity contribution in [3.8, 4) is 5.75 Å². The summed E-state index contributed by atoms with van der Waals surface area (Å²) in [5.74, 6) is 1.31. The first kappa shape index (κ1) is 28.9. The SMILES string of the molecule is CCCNC(=O)C(Cc1ccccc1)N(Cc1c(Cl)cccc1Cl)C(=O)CSCc1ccc(OC)cc1. The zero-order valence-corrected chi connectivity index (χ0v) is 23.4. The van der Waals surface area contributed by atoms with E-state index in [1.165, 1.54) is 11.8 Å². The minimum absolute atomic E-state index is 0.136.